The number of aromatic nitrogens is 4. The van der Waals surface area contributed by atoms with Gasteiger partial charge >= 0.3 is 0 Å². The lowest BCUT2D eigenvalue weighted by molar-refractivity contribution is 0.470. The minimum absolute atomic E-state index is 0.0184. The fourth-order valence-electron chi connectivity index (χ4n) is 4.59. The smallest absolute Gasteiger partial charge is 0.269 e. The third-order valence-corrected chi connectivity index (χ3v) is 8.82. The van der Waals surface area contributed by atoms with E-state index in [9.17, 15) is 8.42 Å². The molecule has 1 fully saturated rings. The lowest BCUT2D eigenvalue weighted by atomic mass is 9.96. The highest BCUT2D eigenvalue weighted by molar-refractivity contribution is 9.10. The molecule has 5 aromatic rings. The molecule has 0 amide bonds. The number of halogens is 3. The van der Waals surface area contributed by atoms with Gasteiger partial charge in [-0.25, -0.2) is 13.1 Å². The SMILES string of the molecule is CS(=O)(=O)c1c(-c2nnc(C3(c4ccc(Cl)cc4)CC3)o2)nn(-c2ccccc2Cl)c1-c1ccc(Br)cc1. The Balaban J connectivity index is 1.57. The van der Waals surface area contributed by atoms with Gasteiger partial charge in [0.1, 0.15) is 4.90 Å². The fourth-order valence-corrected chi connectivity index (χ4v) is 6.23. The summed E-state index contributed by atoms with van der Waals surface area (Å²) in [6, 6.07) is 21.9. The molecule has 0 atom stereocenters. The normalized spacial score (nSPS) is 14.5. The molecule has 0 bridgehead atoms. The van der Waals surface area contributed by atoms with Crippen molar-refractivity contribution in [3.05, 3.63) is 98.8 Å². The third kappa shape index (κ3) is 4.37. The summed E-state index contributed by atoms with van der Waals surface area (Å²) in [6.45, 7) is 0. The van der Waals surface area contributed by atoms with E-state index in [1.54, 1.807) is 18.2 Å². The Bertz CT molecular complexity index is 1780. The van der Waals surface area contributed by atoms with E-state index in [0.717, 1.165) is 29.1 Å². The van der Waals surface area contributed by atoms with Gasteiger partial charge in [-0.3, -0.25) is 0 Å². The van der Waals surface area contributed by atoms with Crippen molar-refractivity contribution in [3.63, 3.8) is 0 Å². The number of hydrogen-bond acceptors (Lipinski definition) is 6. The molecule has 11 heteroatoms. The highest BCUT2D eigenvalue weighted by Gasteiger charge is 2.51. The molecule has 0 radical (unpaired) electrons. The summed E-state index contributed by atoms with van der Waals surface area (Å²) in [5.41, 5.74) is 2.14. The molecule has 0 N–H and O–H groups in total. The van der Waals surface area contributed by atoms with E-state index in [2.05, 4.69) is 26.1 Å². The van der Waals surface area contributed by atoms with Crippen LogP contribution in [0.25, 0.3) is 28.5 Å². The van der Waals surface area contributed by atoms with Crippen molar-refractivity contribution in [2.24, 2.45) is 0 Å². The average molecular weight is 630 g/mol. The summed E-state index contributed by atoms with van der Waals surface area (Å²) in [7, 11) is -3.82. The number of benzene rings is 3. The third-order valence-electron chi connectivity index (χ3n) is 6.59. The lowest BCUT2D eigenvalue weighted by Gasteiger charge is -2.11. The maximum absolute atomic E-state index is 13.3. The van der Waals surface area contributed by atoms with Gasteiger partial charge < -0.3 is 4.42 Å². The Morgan fingerprint density at radius 2 is 1.63 bits per heavy atom. The number of rotatable bonds is 6. The summed E-state index contributed by atoms with van der Waals surface area (Å²) in [6.07, 6.45) is 2.79. The number of sulfone groups is 1. The predicted molar refractivity (Wildman–Crippen MR) is 150 cm³/mol. The molecule has 1 aliphatic rings. The highest BCUT2D eigenvalue weighted by Crippen LogP contribution is 2.53. The van der Waals surface area contributed by atoms with Crippen LogP contribution in [0.2, 0.25) is 10.0 Å². The van der Waals surface area contributed by atoms with Crippen molar-refractivity contribution >= 4 is 49.0 Å². The molecular weight excluding hydrogens is 611 g/mol. The van der Waals surface area contributed by atoms with Crippen LogP contribution in [-0.2, 0) is 15.3 Å². The number of para-hydroxylation sites is 1. The second-order valence-electron chi connectivity index (χ2n) is 9.17. The molecule has 0 aliphatic heterocycles. The number of hydrogen-bond donors (Lipinski definition) is 0. The molecule has 2 heterocycles. The van der Waals surface area contributed by atoms with Crippen LogP contribution in [0.15, 0.2) is 86.6 Å². The average Bonchev–Trinajstić information content (AvgIpc) is 3.35. The van der Waals surface area contributed by atoms with Crippen LogP contribution in [0.5, 0.6) is 0 Å². The molecule has 2 aromatic heterocycles. The van der Waals surface area contributed by atoms with E-state index < -0.39 is 15.3 Å². The Hall–Kier alpha value is -2.98. The van der Waals surface area contributed by atoms with E-state index in [1.807, 2.05) is 54.6 Å². The first kappa shape index (κ1) is 25.3. The van der Waals surface area contributed by atoms with Crippen LogP contribution in [0.4, 0.5) is 0 Å². The fraction of sp³-hybridized carbons (Fsp3) is 0.148. The predicted octanol–water partition coefficient (Wildman–Crippen LogP) is 7.14. The summed E-state index contributed by atoms with van der Waals surface area (Å²) < 4.78 is 35.1. The van der Waals surface area contributed by atoms with E-state index in [-0.39, 0.29) is 16.5 Å². The lowest BCUT2D eigenvalue weighted by Crippen LogP contribution is -2.08. The van der Waals surface area contributed by atoms with Gasteiger partial charge in [-0.1, -0.05) is 75.5 Å². The zero-order chi connectivity index (χ0) is 26.7. The van der Waals surface area contributed by atoms with Crippen molar-refractivity contribution in [3.8, 4) is 28.5 Å². The molecule has 0 spiro atoms. The largest absolute Gasteiger partial charge is 0.418 e. The van der Waals surface area contributed by atoms with E-state index in [0.29, 0.717) is 32.9 Å². The first-order valence-electron chi connectivity index (χ1n) is 11.6. The van der Waals surface area contributed by atoms with Crippen molar-refractivity contribution in [1.82, 2.24) is 20.0 Å². The van der Waals surface area contributed by atoms with Gasteiger partial charge in [0.2, 0.25) is 5.89 Å². The van der Waals surface area contributed by atoms with Gasteiger partial charge in [0.15, 0.2) is 15.5 Å². The zero-order valence-electron chi connectivity index (χ0n) is 19.9. The Morgan fingerprint density at radius 1 is 0.947 bits per heavy atom. The van der Waals surface area contributed by atoms with Gasteiger partial charge in [-0.2, -0.15) is 5.10 Å². The number of nitrogens with zero attached hydrogens (tertiary/aromatic N) is 4. The molecule has 1 aliphatic carbocycles. The van der Waals surface area contributed by atoms with Crippen LogP contribution >= 0.6 is 39.1 Å². The molecule has 7 nitrogen and oxygen atoms in total. The van der Waals surface area contributed by atoms with Crippen molar-refractivity contribution in [2.75, 3.05) is 6.26 Å². The van der Waals surface area contributed by atoms with Crippen LogP contribution in [0.3, 0.4) is 0 Å². The molecule has 1 saturated carbocycles. The molecule has 3 aromatic carbocycles. The Kier molecular flexibility index (Phi) is 6.22. The second kappa shape index (κ2) is 9.34. The van der Waals surface area contributed by atoms with Crippen molar-refractivity contribution in [1.29, 1.82) is 0 Å². The van der Waals surface area contributed by atoms with Crippen LogP contribution in [0, 0.1) is 0 Å². The molecular formula is C27H19BrCl2N4O3S. The topological polar surface area (TPSA) is 90.9 Å². The molecule has 0 saturated heterocycles. The minimum atomic E-state index is -3.82. The first-order chi connectivity index (χ1) is 18.2. The summed E-state index contributed by atoms with van der Waals surface area (Å²) >= 11 is 16.1. The van der Waals surface area contributed by atoms with Gasteiger partial charge in [0, 0.05) is 21.3 Å². The van der Waals surface area contributed by atoms with E-state index in [4.69, 9.17) is 32.7 Å². The van der Waals surface area contributed by atoms with Crippen molar-refractivity contribution in [2.45, 2.75) is 23.2 Å². The van der Waals surface area contributed by atoms with Crippen LogP contribution in [-0.4, -0.2) is 34.7 Å². The van der Waals surface area contributed by atoms with Crippen LogP contribution < -0.4 is 0 Å². The maximum Gasteiger partial charge on any atom is 0.269 e. The monoisotopic (exact) mass is 628 g/mol. The van der Waals surface area contributed by atoms with Crippen molar-refractivity contribution < 1.29 is 12.8 Å². The molecule has 192 valence electrons. The Labute approximate surface area is 237 Å². The van der Waals surface area contributed by atoms with Gasteiger partial charge in [0.25, 0.3) is 5.89 Å². The molecule has 0 unspecified atom stereocenters. The maximum atomic E-state index is 13.3. The highest BCUT2D eigenvalue weighted by atomic mass is 79.9. The van der Waals surface area contributed by atoms with E-state index >= 15 is 0 Å². The van der Waals surface area contributed by atoms with Gasteiger partial charge in [-0.05, 0) is 54.8 Å². The standard InChI is InChI=1S/C27H19BrCl2N4O3S/c1-38(35,36)24-22(25-31-32-26(37-25)27(14-15-27)17-8-12-19(29)13-9-17)33-34(21-5-3-2-4-20(21)30)23(24)16-6-10-18(28)11-7-16/h2-13H,14-15H2,1H3. The Morgan fingerprint density at radius 3 is 2.26 bits per heavy atom. The first-order valence-corrected chi connectivity index (χ1v) is 15.1. The van der Waals surface area contributed by atoms with Gasteiger partial charge in [0.05, 0.1) is 21.8 Å². The minimum Gasteiger partial charge on any atom is -0.418 e. The van der Waals surface area contributed by atoms with E-state index in [1.165, 1.54) is 4.68 Å². The second-order valence-corrected chi connectivity index (χ2v) is 12.9. The van der Waals surface area contributed by atoms with Gasteiger partial charge in [-0.15, -0.1) is 10.2 Å². The molecule has 6 rings (SSSR count). The quantitative estimate of drug-likeness (QED) is 0.198. The zero-order valence-corrected chi connectivity index (χ0v) is 23.8. The van der Waals surface area contributed by atoms with Crippen LogP contribution in [0.1, 0.15) is 24.3 Å². The summed E-state index contributed by atoms with van der Waals surface area (Å²) in [5, 5.41) is 14.4. The molecule has 38 heavy (non-hydrogen) atoms. The summed E-state index contributed by atoms with van der Waals surface area (Å²) in [5.74, 6) is 0.427. The summed E-state index contributed by atoms with van der Waals surface area (Å²) in [4.78, 5) is -0.0220.